The molecule has 346 valence electrons. The Hall–Kier alpha value is -4.52. The molecule has 3 aliphatic heterocycles. The van der Waals surface area contributed by atoms with E-state index in [2.05, 4.69) is 9.71 Å². The fraction of sp³-hybridized carbons (Fsp3) is 0.659. The third kappa shape index (κ3) is 9.23. The molecule has 7 atom stereocenters. The van der Waals surface area contributed by atoms with E-state index in [-0.39, 0.29) is 48.7 Å². The minimum Gasteiger partial charge on any atom is -0.494 e. The van der Waals surface area contributed by atoms with Gasteiger partial charge in [0.15, 0.2) is 17.3 Å². The molecule has 63 heavy (non-hydrogen) atoms. The molecular formula is C44H55F4N3O11S. The number of rotatable bonds is 10. The maximum atomic E-state index is 15.3. The first kappa shape index (κ1) is 46.5. The lowest BCUT2D eigenvalue weighted by molar-refractivity contribution is -0.258. The van der Waals surface area contributed by atoms with Crippen LogP contribution in [0.3, 0.4) is 0 Å². The van der Waals surface area contributed by atoms with Gasteiger partial charge in [0, 0.05) is 23.8 Å². The molecule has 2 aliphatic carbocycles. The molecule has 0 radical (unpaired) electrons. The molecule has 5 aliphatic rings. The molecule has 0 spiro atoms. The van der Waals surface area contributed by atoms with Crippen molar-refractivity contribution in [1.29, 1.82) is 0 Å². The Morgan fingerprint density at radius 3 is 2.52 bits per heavy atom. The van der Waals surface area contributed by atoms with Gasteiger partial charge in [0.05, 0.1) is 61.0 Å². The number of amides is 2. The second kappa shape index (κ2) is 17.1. The Labute approximate surface area is 363 Å². The van der Waals surface area contributed by atoms with Crippen molar-refractivity contribution in [3.63, 3.8) is 0 Å². The van der Waals surface area contributed by atoms with Gasteiger partial charge in [0.2, 0.25) is 39.2 Å². The molecule has 0 bridgehead atoms. The highest BCUT2D eigenvalue weighted by atomic mass is 32.2. The smallest absolute Gasteiger partial charge is 0.427 e. The van der Waals surface area contributed by atoms with Crippen molar-refractivity contribution < 1.29 is 68.8 Å². The van der Waals surface area contributed by atoms with E-state index >= 15 is 9.18 Å². The first-order chi connectivity index (χ1) is 29.5. The van der Waals surface area contributed by atoms with Gasteiger partial charge >= 0.3 is 12.1 Å². The van der Waals surface area contributed by atoms with Crippen molar-refractivity contribution in [3.05, 3.63) is 35.7 Å². The number of hydrogen-bond acceptors (Lipinski definition) is 12. The zero-order valence-electron chi connectivity index (χ0n) is 36.3. The van der Waals surface area contributed by atoms with E-state index in [9.17, 15) is 36.0 Å². The zero-order valence-corrected chi connectivity index (χ0v) is 37.1. The molecule has 0 unspecified atom stereocenters. The predicted molar refractivity (Wildman–Crippen MR) is 219 cm³/mol. The largest absolute Gasteiger partial charge is 0.494 e. The lowest BCUT2D eigenvalue weighted by Crippen LogP contribution is -2.50. The van der Waals surface area contributed by atoms with Crippen LogP contribution in [0.15, 0.2) is 24.3 Å². The van der Waals surface area contributed by atoms with E-state index in [0.717, 1.165) is 0 Å². The molecule has 4 heterocycles. The van der Waals surface area contributed by atoms with Gasteiger partial charge in [-0.2, -0.15) is 18.2 Å². The maximum Gasteiger partial charge on any atom is 0.427 e. The molecule has 2 amide bonds. The third-order valence-electron chi connectivity index (χ3n) is 13.3. The van der Waals surface area contributed by atoms with Gasteiger partial charge in [0.1, 0.15) is 6.10 Å². The summed E-state index contributed by atoms with van der Waals surface area (Å²) in [6, 6.07) is 1.41. The Kier molecular flexibility index (Phi) is 12.6. The minimum absolute atomic E-state index is 0.0224. The summed E-state index contributed by atoms with van der Waals surface area (Å²) in [5, 5.41) is 0.830. The number of ketones is 1. The molecular weight excluding hydrogens is 855 g/mol. The number of carbonyl (C=O) groups is 4. The van der Waals surface area contributed by atoms with Crippen molar-refractivity contribution in [2.45, 2.75) is 146 Å². The topological polar surface area (TPSA) is 177 Å². The van der Waals surface area contributed by atoms with E-state index in [0.29, 0.717) is 69.9 Å². The number of pyridine rings is 1. The highest BCUT2D eigenvalue weighted by Gasteiger charge is 2.63. The van der Waals surface area contributed by atoms with E-state index in [1.165, 1.54) is 31.1 Å². The molecule has 7 rings (SSSR count). The number of carbonyl (C=O) groups excluding carboxylic acids is 4. The number of aryl methyl sites for hydroxylation is 1. The Bertz CT molecular complexity index is 2300. The molecule has 2 aromatic rings. The number of fused-ring (bicyclic) bond motifs is 5. The highest BCUT2D eigenvalue weighted by molar-refractivity contribution is 7.91. The van der Waals surface area contributed by atoms with Gasteiger partial charge in [-0.25, -0.2) is 12.8 Å². The van der Waals surface area contributed by atoms with Crippen molar-refractivity contribution in [1.82, 2.24) is 14.6 Å². The number of Topliss-reactive ketones (excluding diaryl/α,β-unsaturated/α-hetero) is 1. The standard InChI is InChI=1S/C44H55F4N3O11S/c1-7-34-30(20-36(53)62-41(3,4)44(46,47)48)39(54)51-23-26(61-38-29-18-31(45)35(58-6)19-28(29)27-13-10-16-59-37(27)49-38)17-32(51)33(52)22-43(21-25(43)12-9-8-11-24(2)60-34)40(55)50-63(56,57)42(5)14-15-42/h9,12,18-19,24-26,30,32,34H,7-8,10-11,13-17,20-23H2,1-6H3,(H,50,55)/b12-9-/t24-,25-,26-,30+,32+,34+,43-/m1/s1. The fourth-order valence-corrected chi connectivity index (χ4v) is 10.2. The molecule has 1 aromatic heterocycles. The number of alkyl halides is 3. The van der Waals surface area contributed by atoms with E-state index in [1.807, 2.05) is 6.08 Å². The number of benzene rings is 1. The van der Waals surface area contributed by atoms with Crippen molar-refractivity contribution >= 4 is 44.4 Å². The van der Waals surface area contributed by atoms with E-state index in [4.69, 9.17) is 23.7 Å². The van der Waals surface area contributed by atoms with Crippen LogP contribution in [0.1, 0.15) is 104 Å². The molecule has 2 saturated carbocycles. The fourth-order valence-electron chi connectivity index (χ4n) is 8.87. The number of nitrogens with zero attached hydrogens (tertiary/aromatic N) is 2. The average Bonchev–Trinajstić information content (AvgIpc) is 4.09. The molecule has 14 nitrogen and oxygen atoms in total. The Morgan fingerprint density at radius 2 is 1.86 bits per heavy atom. The van der Waals surface area contributed by atoms with Crippen LogP contribution in [0.4, 0.5) is 17.6 Å². The summed E-state index contributed by atoms with van der Waals surface area (Å²) in [5.74, 6) is -6.01. The number of hydrogen-bond donors (Lipinski definition) is 1. The van der Waals surface area contributed by atoms with Crippen LogP contribution >= 0.6 is 0 Å². The lowest BCUT2D eigenvalue weighted by atomic mass is 9.90. The molecule has 1 aromatic carbocycles. The Balaban J connectivity index is 1.27. The number of nitrogens with one attached hydrogen (secondary N) is 1. The highest BCUT2D eigenvalue weighted by Crippen LogP contribution is 2.58. The predicted octanol–water partition coefficient (Wildman–Crippen LogP) is 6.44. The second-order valence-electron chi connectivity index (χ2n) is 18.4. The average molecular weight is 910 g/mol. The monoisotopic (exact) mass is 909 g/mol. The zero-order chi connectivity index (χ0) is 45.9. The van der Waals surface area contributed by atoms with Gasteiger partial charge in [-0.1, -0.05) is 19.1 Å². The van der Waals surface area contributed by atoms with Crippen LogP contribution in [0.25, 0.3) is 10.8 Å². The van der Waals surface area contributed by atoms with E-state index in [1.54, 1.807) is 19.9 Å². The first-order valence-electron chi connectivity index (χ1n) is 21.5. The van der Waals surface area contributed by atoms with Gasteiger partial charge in [0.25, 0.3) is 0 Å². The van der Waals surface area contributed by atoms with E-state index < -0.39 is 110 Å². The normalized spacial score (nSPS) is 29.2. The van der Waals surface area contributed by atoms with Crippen LogP contribution in [0, 0.1) is 23.1 Å². The van der Waals surface area contributed by atoms with Crippen LogP contribution < -0.4 is 18.9 Å². The van der Waals surface area contributed by atoms with Crippen LogP contribution in [0.2, 0.25) is 0 Å². The summed E-state index contributed by atoms with van der Waals surface area (Å²) in [6.45, 7) is 6.45. The van der Waals surface area contributed by atoms with Crippen molar-refractivity contribution in [2.24, 2.45) is 17.3 Å². The summed E-state index contributed by atoms with van der Waals surface area (Å²) in [4.78, 5) is 63.1. The van der Waals surface area contributed by atoms with Gasteiger partial charge in [-0.3, -0.25) is 23.9 Å². The summed E-state index contributed by atoms with van der Waals surface area (Å²) >= 11 is 0. The third-order valence-corrected chi connectivity index (χ3v) is 15.5. The van der Waals surface area contributed by atoms with Crippen LogP contribution in [-0.2, 0) is 45.1 Å². The number of sulfonamides is 1. The van der Waals surface area contributed by atoms with Crippen molar-refractivity contribution in [3.8, 4) is 17.5 Å². The summed E-state index contributed by atoms with van der Waals surface area (Å²) in [6.07, 6.45) is -2.17. The quantitative estimate of drug-likeness (QED) is 0.157. The SMILES string of the molecule is CC[C@@H]1O[C@H](C)CC/C=C\[C@@H]2C[C@@]2(C(=O)NS(=O)(=O)C2(C)CC2)CC(=O)[C@@H]2C[C@@H](Oc3nc4c(c5cc(OC)c(F)cc35)CCCO4)CN2C(=O)[C@H]1CC(=O)OC(C)(C)C(F)(F)F. The molecule has 1 saturated heterocycles. The summed E-state index contributed by atoms with van der Waals surface area (Å²) in [7, 11) is -2.76. The van der Waals surface area contributed by atoms with Crippen LogP contribution in [-0.4, -0.2) is 103 Å². The van der Waals surface area contributed by atoms with Gasteiger partial charge in [-0.05, 0) is 102 Å². The lowest BCUT2D eigenvalue weighted by Gasteiger charge is -2.34. The number of methoxy groups -OCH3 is 1. The first-order valence-corrected chi connectivity index (χ1v) is 23.0. The molecule has 3 fully saturated rings. The molecule has 1 N–H and O–H groups in total. The second-order valence-corrected chi connectivity index (χ2v) is 20.5. The number of aromatic nitrogens is 1. The van der Waals surface area contributed by atoms with Crippen LogP contribution in [0.5, 0.6) is 17.5 Å². The number of halogens is 4. The Morgan fingerprint density at radius 1 is 1.13 bits per heavy atom. The van der Waals surface area contributed by atoms with Gasteiger partial charge in [-0.15, -0.1) is 0 Å². The number of allylic oxidation sites excluding steroid dienone is 2. The summed E-state index contributed by atoms with van der Waals surface area (Å²) in [5.41, 5.74) is -3.65. The number of ether oxygens (including phenoxy) is 5. The number of esters is 1. The van der Waals surface area contributed by atoms with Crippen molar-refractivity contribution in [2.75, 3.05) is 20.3 Å². The van der Waals surface area contributed by atoms with Gasteiger partial charge < -0.3 is 28.6 Å². The minimum atomic E-state index is -4.93. The maximum absolute atomic E-state index is 15.3. The molecule has 19 heteroatoms. The summed E-state index contributed by atoms with van der Waals surface area (Å²) < 4.78 is 114.